The number of rotatable bonds is 5. The van der Waals surface area contributed by atoms with Crippen LogP contribution in [0.2, 0.25) is 0 Å². The monoisotopic (exact) mass is 337 g/mol. The maximum absolute atomic E-state index is 7.41. The third kappa shape index (κ3) is 3.04. The van der Waals surface area contributed by atoms with Gasteiger partial charge in [0.15, 0.2) is 5.65 Å². The molecule has 25 heavy (non-hydrogen) atoms. The van der Waals surface area contributed by atoms with E-state index in [9.17, 15) is 0 Å². The predicted octanol–water partition coefficient (Wildman–Crippen LogP) is 2.54. The molecule has 3 rings (SSSR count). The van der Waals surface area contributed by atoms with Gasteiger partial charge in [-0.1, -0.05) is 6.07 Å². The SMILES string of the molecule is [C-]#[N+]c1c(NCCc2cccc(OC)n2)nc2c(C)c(C)nn2c1N. The molecule has 0 aliphatic heterocycles. The molecule has 0 spiro atoms. The maximum Gasteiger partial charge on any atom is 0.268 e. The number of hydrogen-bond acceptors (Lipinski definition) is 6. The van der Waals surface area contributed by atoms with Crippen LogP contribution >= 0.6 is 0 Å². The number of pyridine rings is 1. The lowest BCUT2D eigenvalue weighted by atomic mass is 10.2. The maximum atomic E-state index is 7.41. The molecule has 8 heteroatoms. The zero-order chi connectivity index (χ0) is 18.0. The summed E-state index contributed by atoms with van der Waals surface area (Å²) in [6.07, 6.45) is 0.665. The number of nitrogen functional groups attached to an aromatic ring is 1. The van der Waals surface area contributed by atoms with Gasteiger partial charge in [0, 0.05) is 30.3 Å². The van der Waals surface area contributed by atoms with Gasteiger partial charge in [-0.2, -0.15) is 5.10 Å². The Labute approximate surface area is 145 Å². The first-order valence-electron chi connectivity index (χ1n) is 7.81. The molecular weight excluding hydrogens is 318 g/mol. The van der Waals surface area contributed by atoms with E-state index in [4.69, 9.17) is 17.0 Å². The molecular formula is C17H19N7O. The van der Waals surface area contributed by atoms with E-state index in [1.807, 2.05) is 26.0 Å². The van der Waals surface area contributed by atoms with Gasteiger partial charge < -0.3 is 15.8 Å². The lowest BCUT2D eigenvalue weighted by molar-refractivity contribution is 0.396. The van der Waals surface area contributed by atoms with Gasteiger partial charge in [0.25, 0.3) is 5.69 Å². The third-order valence-corrected chi connectivity index (χ3v) is 4.02. The van der Waals surface area contributed by atoms with Gasteiger partial charge in [0.2, 0.25) is 5.88 Å². The summed E-state index contributed by atoms with van der Waals surface area (Å²) in [6, 6.07) is 5.62. The van der Waals surface area contributed by atoms with Gasteiger partial charge in [0.05, 0.1) is 19.4 Å². The van der Waals surface area contributed by atoms with Gasteiger partial charge in [-0.05, 0) is 19.9 Å². The average Bonchev–Trinajstić information content (AvgIpc) is 2.91. The Hall–Kier alpha value is -3.34. The van der Waals surface area contributed by atoms with Crippen molar-refractivity contribution in [2.75, 3.05) is 24.7 Å². The molecule has 0 saturated heterocycles. The summed E-state index contributed by atoms with van der Waals surface area (Å²) in [5.74, 6) is 1.33. The van der Waals surface area contributed by atoms with Crippen molar-refractivity contribution in [3.8, 4) is 5.88 Å². The van der Waals surface area contributed by atoms with E-state index in [-0.39, 0.29) is 5.69 Å². The molecule has 3 aromatic rings. The van der Waals surface area contributed by atoms with Crippen molar-refractivity contribution in [2.45, 2.75) is 20.3 Å². The second kappa shape index (κ2) is 6.65. The van der Waals surface area contributed by atoms with Crippen molar-refractivity contribution in [1.82, 2.24) is 19.6 Å². The summed E-state index contributed by atoms with van der Waals surface area (Å²) >= 11 is 0. The normalized spacial score (nSPS) is 10.6. The number of aromatic nitrogens is 4. The Kier molecular flexibility index (Phi) is 4.39. The van der Waals surface area contributed by atoms with Crippen molar-refractivity contribution in [2.24, 2.45) is 0 Å². The molecule has 0 fully saturated rings. The zero-order valence-electron chi connectivity index (χ0n) is 14.4. The lowest BCUT2D eigenvalue weighted by Gasteiger charge is -2.11. The topological polar surface area (TPSA) is 94.7 Å². The van der Waals surface area contributed by atoms with Crippen LogP contribution in [0.5, 0.6) is 5.88 Å². The van der Waals surface area contributed by atoms with Crippen molar-refractivity contribution < 1.29 is 4.74 Å². The van der Waals surface area contributed by atoms with E-state index in [1.165, 1.54) is 4.52 Å². The molecule has 0 aromatic carbocycles. The fraction of sp³-hybridized carbons (Fsp3) is 0.294. The molecule has 3 N–H and O–H groups in total. The summed E-state index contributed by atoms with van der Waals surface area (Å²) < 4.78 is 6.65. The minimum atomic E-state index is 0.272. The highest BCUT2D eigenvalue weighted by Crippen LogP contribution is 2.32. The summed E-state index contributed by atoms with van der Waals surface area (Å²) in [5.41, 5.74) is 9.72. The minimum Gasteiger partial charge on any atom is -0.481 e. The van der Waals surface area contributed by atoms with E-state index in [1.54, 1.807) is 13.2 Å². The number of fused-ring (bicyclic) bond motifs is 1. The fourth-order valence-corrected chi connectivity index (χ4v) is 2.53. The van der Waals surface area contributed by atoms with Gasteiger partial charge in [-0.3, -0.25) is 0 Å². The van der Waals surface area contributed by atoms with Crippen LogP contribution in [0, 0.1) is 20.4 Å². The van der Waals surface area contributed by atoms with E-state index in [2.05, 4.69) is 25.2 Å². The smallest absolute Gasteiger partial charge is 0.268 e. The quantitative estimate of drug-likeness (QED) is 0.695. The second-order valence-electron chi connectivity index (χ2n) is 5.60. The van der Waals surface area contributed by atoms with Gasteiger partial charge in [-0.25, -0.2) is 19.3 Å². The second-order valence-corrected chi connectivity index (χ2v) is 5.60. The number of anilines is 2. The molecule has 0 atom stereocenters. The van der Waals surface area contributed by atoms with Crippen LogP contribution in [0.4, 0.5) is 17.3 Å². The minimum absolute atomic E-state index is 0.272. The van der Waals surface area contributed by atoms with E-state index < -0.39 is 0 Å². The molecule has 0 bridgehead atoms. The molecule has 8 nitrogen and oxygen atoms in total. The Bertz CT molecular complexity index is 971. The van der Waals surface area contributed by atoms with Crippen LogP contribution in [0.15, 0.2) is 18.2 Å². The van der Waals surface area contributed by atoms with Crippen LogP contribution in [-0.4, -0.2) is 33.2 Å². The number of nitrogens with zero attached hydrogens (tertiary/aromatic N) is 5. The van der Waals surface area contributed by atoms with Crippen LogP contribution in [-0.2, 0) is 6.42 Å². The highest BCUT2D eigenvalue weighted by atomic mass is 16.5. The molecule has 0 aliphatic carbocycles. The molecule has 0 unspecified atom stereocenters. The van der Waals surface area contributed by atoms with E-state index >= 15 is 0 Å². The molecule has 0 aliphatic rings. The summed E-state index contributed by atoms with van der Waals surface area (Å²) in [6.45, 7) is 11.8. The Morgan fingerprint density at radius 2 is 2.12 bits per heavy atom. The average molecular weight is 337 g/mol. The number of nitrogens with two attached hydrogens (primary N) is 1. The fourth-order valence-electron chi connectivity index (χ4n) is 2.53. The lowest BCUT2D eigenvalue weighted by Crippen LogP contribution is -2.10. The van der Waals surface area contributed by atoms with Gasteiger partial charge >= 0.3 is 0 Å². The zero-order valence-corrected chi connectivity index (χ0v) is 14.4. The molecule has 128 valence electrons. The number of methoxy groups -OCH3 is 1. The molecule has 3 heterocycles. The first kappa shape index (κ1) is 16.5. The highest BCUT2D eigenvalue weighted by Gasteiger charge is 2.17. The predicted molar refractivity (Wildman–Crippen MR) is 96.1 cm³/mol. The molecule has 0 radical (unpaired) electrons. The number of aryl methyl sites for hydroxylation is 2. The Morgan fingerprint density at radius 1 is 1.32 bits per heavy atom. The molecule has 0 amide bonds. The van der Waals surface area contributed by atoms with Crippen LogP contribution < -0.4 is 15.8 Å². The Balaban J connectivity index is 1.85. The summed E-state index contributed by atoms with van der Waals surface area (Å²) in [5, 5.41) is 7.54. The van der Waals surface area contributed by atoms with Crippen LogP contribution in [0.25, 0.3) is 10.5 Å². The highest BCUT2D eigenvalue weighted by molar-refractivity contribution is 5.80. The summed E-state index contributed by atoms with van der Waals surface area (Å²) in [4.78, 5) is 12.4. The molecule has 0 saturated carbocycles. The van der Waals surface area contributed by atoms with Crippen molar-refractivity contribution >= 4 is 23.0 Å². The number of hydrogen-bond donors (Lipinski definition) is 2. The van der Waals surface area contributed by atoms with E-state index in [0.29, 0.717) is 36.1 Å². The largest absolute Gasteiger partial charge is 0.481 e. The Morgan fingerprint density at radius 3 is 2.84 bits per heavy atom. The van der Waals surface area contributed by atoms with Gasteiger partial charge in [-0.15, -0.1) is 0 Å². The third-order valence-electron chi connectivity index (χ3n) is 4.02. The van der Waals surface area contributed by atoms with Crippen LogP contribution in [0.3, 0.4) is 0 Å². The van der Waals surface area contributed by atoms with Crippen molar-refractivity contribution in [3.63, 3.8) is 0 Å². The van der Waals surface area contributed by atoms with Crippen molar-refractivity contribution in [1.29, 1.82) is 0 Å². The van der Waals surface area contributed by atoms with Crippen molar-refractivity contribution in [3.05, 3.63) is 46.6 Å². The standard InChI is InChI=1S/C17H19N7O/c1-10-11(2)23-24-15(18)14(19-3)16(22-17(10)24)20-9-8-12-6-5-7-13(21-12)25-4/h5-7H,8-9,18H2,1-2,4H3,(H,20,22). The van der Waals surface area contributed by atoms with Crippen LogP contribution in [0.1, 0.15) is 17.0 Å². The molecule has 3 aromatic heterocycles. The summed E-state index contributed by atoms with van der Waals surface area (Å²) in [7, 11) is 1.59. The number of ether oxygens (including phenoxy) is 1. The number of nitrogens with one attached hydrogen (secondary N) is 1. The first-order chi connectivity index (χ1) is 12.0. The first-order valence-corrected chi connectivity index (χ1v) is 7.81. The van der Waals surface area contributed by atoms with Gasteiger partial charge in [0.1, 0.15) is 11.6 Å². The van der Waals surface area contributed by atoms with E-state index in [0.717, 1.165) is 17.0 Å².